The second-order valence-electron chi connectivity index (χ2n) is 16.0. The van der Waals surface area contributed by atoms with Crippen LogP contribution < -0.4 is 0 Å². The van der Waals surface area contributed by atoms with E-state index in [0.717, 1.165) is 104 Å². The maximum atomic E-state index is 6.65. The number of rotatable bonds is 4. The van der Waals surface area contributed by atoms with Crippen LogP contribution in [0.2, 0.25) is 0 Å². The van der Waals surface area contributed by atoms with Gasteiger partial charge in [-0.05, 0) is 71.4 Å². The number of furan rings is 2. The lowest BCUT2D eigenvalue weighted by Gasteiger charge is -2.16. The summed E-state index contributed by atoms with van der Waals surface area (Å²) in [6, 6.07) is 65.6. The molecule has 14 aromatic rings. The lowest BCUT2D eigenvalue weighted by molar-refractivity contribution is 0.668. The highest BCUT2D eigenvalue weighted by Gasteiger charge is 2.25. The molecule has 14 rings (SSSR count). The minimum absolute atomic E-state index is 0.510. The minimum atomic E-state index is 0.510. The second-order valence-corrected chi connectivity index (χ2v) is 16.0. The maximum Gasteiger partial charge on any atom is 0.238 e. The van der Waals surface area contributed by atoms with Crippen molar-refractivity contribution in [3.8, 4) is 34.4 Å². The number of para-hydroxylation sites is 5. The Morgan fingerprint density at radius 3 is 1.58 bits per heavy atom. The minimum Gasteiger partial charge on any atom is -0.456 e. The third-order valence-electron chi connectivity index (χ3n) is 12.6. The Morgan fingerprint density at radius 1 is 0.323 bits per heavy atom. The predicted molar refractivity (Wildman–Crippen MR) is 251 cm³/mol. The summed E-state index contributed by atoms with van der Waals surface area (Å²) < 4.78 is 17.6. The van der Waals surface area contributed by atoms with Gasteiger partial charge in [0.15, 0.2) is 11.6 Å². The van der Waals surface area contributed by atoms with Gasteiger partial charge in [-0.2, -0.15) is 9.97 Å². The maximum absolute atomic E-state index is 6.65. The van der Waals surface area contributed by atoms with Crippen LogP contribution in [-0.2, 0) is 0 Å². The summed E-state index contributed by atoms with van der Waals surface area (Å²) in [5.41, 5.74) is 9.92. The number of benzene rings is 9. The summed E-state index contributed by atoms with van der Waals surface area (Å²) in [5.74, 6) is 1.56. The lowest BCUT2D eigenvalue weighted by atomic mass is 10.0. The molecular formula is C55H31N5O2. The van der Waals surface area contributed by atoms with Gasteiger partial charge in [-0.3, -0.25) is 4.57 Å². The monoisotopic (exact) mass is 793 g/mol. The Kier molecular flexibility index (Phi) is 6.71. The molecule has 0 saturated heterocycles. The molecule has 7 nitrogen and oxygen atoms in total. The van der Waals surface area contributed by atoms with Crippen molar-refractivity contribution in [3.63, 3.8) is 0 Å². The summed E-state index contributed by atoms with van der Waals surface area (Å²) in [7, 11) is 0. The van der Waals surface area contributed by atoms with E-state index in [-0.39, 0.29) is 0 Å². The Bertz CT molecular complexity index is 4130. The van der Waals surface area contributed by atoms with Gasteiger partial charge in [-0.15, -0.1) is 0 Å². The van der Waals surface area contributed by atoms with E-state index in [0.29, 0.717) is 17.6 Å². The van der Waals surface area contributed by atoms with Gasteiger partial charge >= 0.3 is 0 Å². The standard InChI is InChI=1S/C55H31N5O2/c1-2-15-33-29-46-40(28-32(33)14-1)36-18-5-8-22-43(36)59(46)47-30-41-37-19-6-11-25-48(37)62-51(41)31-42(47)54-56-53(39-21-13-27-50-52(39)38-20-7-12-26-49(38)61-50)57-55(58-54)60-44-23-9-3-16-34(44)35-17-4-10-24-45(35)60/h1-31H. The molecule has 7 heteroatoms. The predicted octanol–water partition coefficient (Wildman–Crippen LogP) is 14.4. The highest BCUT2D eigenvalue weighted by Crippen LogP contribution is 2.43. The molecule has 0 bridgehead atoms. The van der Waals surface area contributed by atoms with Gasteiger partial charge in [0.2, 0.25) is 5.95 Å². The average Bonchev–Trinajstić information content (AvgIpc) is 4.07. The molecular weight excluding hydrogens is 763 g/mol. The lowest BCUT2D eigenvalue weighted by Crippen LogP contribution is -2.08. The first kappa shape index (κ1) is 33.3. The molecule has 0 aliphatic carbocycles. The van der Waals surface area contributed by atoms with Gasteiger partial charge in [0.1, 0.15) is 22.3 Å². The molecule has 0 fully saturated rings. The highest BCUT2D eigenvalue weighted by atomic mass is 16.3. The zero-order valence-corrected chi connectivity index (χ0v) is 33.0. The van der Waals surface area contributed by atoms with Crippen molar-refractivity contribution < 1.29 is 8.83 Å². The van der Waals surface area contributed by atoms with E-state index in [1.54, 1.807) is 0 Å². The van der Waals surface area contributed by atoms with Crippen LogP contribution in [0.15, 0.2) is 197 Å². The zero-order chi connectivity index (χ0) is 40.5. The molecule has 62 heavy (non-hydrogen) atoms. The molecule has 0 atom stereocenters. The third kappa shape index (κ3) is 4.67. The normalized spacial score (nSPS) is 12.2. The molecule has 0 spiro atoms. The van der Waals surface area contributed by atoms with Crippen molar-refractivity contribution in [1.82, 2.24) is 24.1 Å². The number of nitrogens with zero attached hydrogens (tertiary/aromatic N) is 5. The highest BCUT2D eigenvalue weighted by molar-refractivity contribution is 6.16. The zero-order valence-electron chi connectivity index (χ0n) is 33.0. The van der Waals surface area contributed by atoms with Crippen LogP contribution in [0.1, 0.15) is 0 Å². The van der Waals surface area contributed by atoms with Crippen LogP contribution in [-0.4, -0.2) is 24.1 Å². The van der Waals surface area contributed by atoms with E-state index >= 15 is 0 Å². The van der Waals surface area contributed by atoms with E-state index in [1.165, 1.54) is 10.8 Å². The summed E-state index contributed by atoms with van der Waals surface area (Å²) in [4.78, 5) is 16.4. The number of hydrogen-bond acceptors (Lipinski definition) is 5. The number of fused-ring (bicyclic) bond motifs is 13. The van der Waals surface area contributed by atoms with E-state index in [9.17, 15) is 0 Å². The summed E-state index contributed by atoms with van der Waals surface area (Å²) in [5, 5.41) is 10.9. The van der Waals surface area contributed by atoms with Crippen LogP contribution in [0.5, 0.6) is 0 Å². The van der Waals surface area contributed by atoms with Gasteiger partial charge in [0.05, 0.1) is 27.8 Å². The van der Waals surface area contributed by atoms with Crippen molar-refractivity contribution >= 4 is 98.3 Å². The molecule has 0 radical (unpaired) electrons. The molecule has 0 amide bonds. The average molecular weight is 794 g/mol. The van der Waals surface area contributed by atoms with Gasteiger partial charge in [0.25, 0.3) is 0 Å². The molecule has 0 saturated carbocycles. The molecule has 5 heterocycles. The van der Waals surface area contributed by atoms with E-state index in [2.05, 4.69) is 155 Å². The van der Waals surface area contributed by atoms with E-state index in [4.69, 9.17) is 23.8 Å². The summed E-state index contributed by atoms with van der Waals surface area (Å²) in [6.07, 6.45) is 0. The first-order valence-corrected chi connectivity index (χ1v) is 20.8. The van der Waals surface area contributed by atoms with Crippen LogP contribution in [0.4, 0.5) is 0 Å². The van der Waals surface area contributed by atoms with Crippen molar-refractivity contribution in [1.29, 1.82) is 0 Å². The van der Waals surface area contributed by atoms with Crippen LogP contribution in [0.3, 0.4) is 0 Å². The first-order chi connectivity index (χ1) is 30.7. The molecule has 0 aliphatic rings. The second kappa shape index (κ2) is 12.5. The largest absolute Gasteiger partial charge is 0.456 e. The Morgan fingerprint density at radius 2 is 0.855 bits per heavy atom. The van der Waals surface area contributed by atoms with E-state index in [1.807, 2.05) is 42.5 Å². The topological polar surface area (TPSA) is 74.8 Å². The van der Waals surface area contributed by atoms with Crippen LogP contribution in [0, 0.1) is 0 Å². The molecule has 0 unspecified atom stereocenters. The summed E-state index contributed by atoms with van der Waals surface area (Å²) in [6.45, 7) is 0. The number of aromatic nitrogens is 5. The Balaban J connectivity index is 1.15. The van der Waals surface area contributed by atoms with Crippen LogP contribution in [0.25, 0.3) is 133 Å². The van der Waals surface area contributed by atoms with Gasteiger partial charge in [-0.25, -0.2) is 4.98 Å². The fourth-order valence-corrected chi connectivity index (χ4v) is 9.84. The van der Waals surface area contributed by atoms with Crippen molar-refractivity contribution in [2.24, 2.45) is 0 Å². The molecule has 0 N–H and O–H groups in total. The molecule has 5 aromatic heterocycles. The van der Waals surface area contributed by atoms with Crippen molar-refractivity contribution in [2.75, 3.05) is 0 Å². The van der Waals surface area contributed by atoms with E-state index < -0.39 is 0 Å². The first-order valence-electron chi connectivity index (χ1n) is 20.8. The van der Waals surface area contributed by atoms with Gasteiger partial charge in [-0.1, -0.05) is 127 Å². The fraction of sp³-hybridized carbons (Fsp3) is 0. The van der Waals surface area contributed by atoms with Crippen LogP contribution >= 0.6 is 0 Å². The SMILES string of the molecule is c1ccc2cc3c(cc2c1)c1ccccc1n3-c1cc2c(cc1-c1nc(-c3cccc4oc5ccccc5c34)nc(-n3c4ccccc4c4ccccc43)n1)oc1ccccc12. The molecule has 9 aromatic carbocycles. The Labute approximate surface area is 352 Å². The smallest absolute Gasteiger partial charge is 0.238 e. The Hall–Kier alpha value is -8.55. The summed E-state index contributed by atoms with van der Waals surface area (Å²) >= 11 is 0. The molecule has 288 valence electrons. The van der Waals surface area contributed by atoms with Crippen molar-refractivity contribution in [2.45, 2.75) is 0 Å². The molecule has 0 aliphatic heterocycles. The van der Waals surface area contributed by atoms with Crippen molar-refractivity contribution in [3.05, 3.63) is 188 Å². The fourth-order valence-electron chi connectivity index (χ4n) is 9.84. The van der Waals surface area contributed by atoms with Gasteiger partial charge in [0, 0.05) is 54.2 Å². The van der Waals surface area contributed by atoms with Gasteiger partial charge < -0.3 is 13.4 Å². The third-order valence-corrected chi connectivity index (χ3v) is 12.6. The quantitative estimate of drug-likeness (QED) is 0.177. The number of hydrogen-bond donors (Lipinski definition) is 0.